The van der Waals surface area contributed by atoms with Crippen LogP contribution in [0.1, 0.15) is 18.2 Å². The molecule has 4 nitrogen and oxygen atoms in total. The van der Waals surface area contributed by atoms with Crippen molar-refractivity contribution < 1.29 is 4.74 Å². The molecule has 1 saturated heterocycles. The van der Waals surface area contributed by atoms with Gasteiger partial charge in [0.25, 0.3) is 0 Å². The first-order valence-corrected chi connectivity index (χ1v) is 3.79. The maximum absolute atomic E-state index is 5.25. The van der Waals surface area contributed by atoms with Crippen LogP contribution in [0.25, 0.3) is 0 Å². The Morgan fingerprint density at radius 2 is 2.64 bits per heavy atom. The van der Waals surface area contributed by atoms with Crippen LogP contribution in [-0.2, 0) is 11.8 Å². The molecule has 1 atom stereocenters. The largest absolute Gasteiger partial charge is 0.381 e. The van der Waals surface area contributed by atoms with Crippen molar-refractivity contribution in [2.75, 3.05) is 13.2 Å². The van der Waals surface area contributed by atoms with Gasteiger partial charge in [0, 0.05) is 19.6 Å². The lowest BCUT2D eigenvalue weighted by molar-refractivity contribution is 0.193. The Bertz CT molecular complexity index is 240. The number of aryl methyl sites for hydroxylation is 1. The van der Waals surface area contributed by atoms with E-state index in [1.807, 2.05) is 11.6 Å². The molecule has 1 aliphatic rings. The van der Waals surface area contributed by atoms with Gasteiger partial charge >= 0.3 is 0 Å². The van der Waals surface area contributed by atoms with Crippen LogP contribution in [0.2, 0.25) is 0 Å². The Hall–Kier alpha value is -0.900. The third-order valence-corrected chi connectivity index (χ3v) is 2.04. The monoisotopic (exact) mass is 153 g/mol. The van der Waals surface area contributed by atoms with Gasteiger partial charge in [0.05, 0.1) is 6.61 Å². The zero-order chi connectivity index (χ0) is 7.68. The first-order chi connectivity index (χ1) is 5.38. The summed E-state index contributed by atoms with van der Waals surface area (Å²) in [5.41, 5.74) is 0. The van der Waals surface area contributed by atoms with Crippen molar-refractivity contribution in [1.82, 2.24) is 14.8 Å². The van der Waals surface area contributed by atoms with Crippen molar-refractivity contribution in [3.8, 4) is 0 Å². The van der Waals surface area contributed by atoms with Crippen molar-refractivity contribution >= 4 is 0 Å². The van der Waals surface area contributed by atoms with E-state index < -0.39 is 0 Å². The van der Waals surface area contributed by atoms with Gasteiger partial charge in [-0.1, -0.05) is 0 Å². The molecule has 0 aliphatic carbocycles. The van der Waals surface area contributed by atoms with Gasteiger partial charge in [-0.15, -0.1) is 10.2 Å². The highest BCUT2D eigenvalue weighted by Crippen LogP contribution is 2.22. The van der Waals surface area contributed by atoms with E-state index in [0.717, 1.165) is 25.5 Å². The number of ether oxygens (including phenoxy) is 1. The van der Waals surface area contributed by atoms with Crippen molar-refractivity contribution in [3.63, 3.8) is 0 Å². The van der Waals surface area contributed by atoms with E-state index in [1.165, 1.54) is 0 Å². The molecule has 1 unspecified atom stereocenters. The van der Waals surface area contributed by atoms with E-state index in [1.54, 1.807) is 6.33 Å². The second-order valence-electron chi connectivity index (χ2n) is 2.86. The van der Waals surface area contributed by atoms with Crippen LogP contribution in [0.15, 0.2) is 6.33 Å². The Balaban J connectivity index is 2.21. The Kier molecular flexibility index (Phi) is 1.62. The zero-order valence-corrected chi connectivity index (χ0v) is 6.53. The van der Waals surface area contributed by atoms with Crippen LogP contribution in [0.4, 0.5) is 0 Å². The molecular formula is C7H11N3O. The number of rotatable bonds is 1. The molecule has 0 amide bonds. The molecule has 0 aromatic carbocycles. The molecule has 0 N–H and O–H groups in total. The summed E-state index contributed by atoms with van der Waals surface area (Å²) < 4.78 is 7.21. The topological polar surface area (TPSA) is 39.9 Å². The molecular weight excluding hydrogens is 142 g/mol. The van der Waals surface area contributed by atoms with Gasteiger partial charge < -0.3 is 9.30 Å². The number of hydrogen-bond donors (Lipinski definition) is 0. The van der Waals surface area contributed by atoms with Crippen LogP contribution in [0, 0.1) is 0 Å². The molecule has 2 heterocycles. The number of aromatic nitrogens is 3. The highest BCUT2D eigenvalue weighted by molar-refractivity contribution is 4.97. The minimum absolute atomic E-state index is 0.461. The fourth-order valence-electron chi connectivity index (χ4n) is 1.40. The van der Waals surface area contributed by atoms with E-state index in [0.29, 0.717) is 5.92 Å². The second kappa shape index (κ2) is 2.62. The molecule has 1 aromatic rings. The molecule has 1 fully saturated rings. The normalized spacial score (nSPS) is 24.3. The summed E-state index contributed by atoms with van der Waals surface area (Å²) in [5.74, 6) is 1.50. The van der Waals surface area contributed by atoms with Gasteiger partial charge in [0.15, 0.2) is 0 Å². The Morgan fingerprint density at radius 1 is 1.73 bits per heavy atom. The van der Waals surface area contributed by atoms with Gasteiger partial charge in [-0.3, -0.25) is 0 Å². The number of hydrogen-bond acceptors (Lipinski definition) is 3. The lowest BCUT2D eigenvalue weighted by Gasteiger charge is -2.04. The molecule has 0 radical (unpaired) electrons. The fourth-order valence-corrected chi connectivity index (χ4v) is 1.40. The molecule has 0 saturated carbocycles. The summed E-state index contributed by atoms with van der Waals surface area (Å²) in [5, 5.41) is 7.85. The predicted molar refractivity (Wildman–Crippen MR) is 39.2 cm³/mol. The molecule has 1 aliphatic heterocycles. The quantitative estimate of drug-likeness (QED) is 0.583. The molecule has 0 spiro atoms. The van der Waals surface area contributed by atoms with Gasteiger partial charge in [0.2, 0.25) is 0 Å². The average molecular weight is 153 g/mol. The third-order valence-electron chi connectivity index (χ3n) is 2.04. The predicted octanol–water partition coefficient (Wildman–Crippen LogP) is 0.319. The van der Waals surface area contributed by atoms with Gasteiger partial charge in [-0.05, 0) is 6.42 Å². The van der Waals surface area contributed by atoms with E-state index in [4.69, 9.17) is 4.74 Å². The Labute approximate surface area is 65.2 Å². The molecule has 2 rings (SSSR count). The lowest BCUT2D eigenvalue weighted by atomic mass is 10.1. The maximum atomic E-state index is 5.25. The van der Waals surface area contributed by atoms with E-state index in [9.17, 15) is 0 Å². The first kappa shape index (κ1) is 6.79. The first-order valence-electron chi connectivity index (χ1n) is 3.79. The zero-order valence-electron chi connectivity index (χ0n) is 6.53. The van der Waals surface area contributed by atoms with Gasteiger partial charge in [-0.2, -0.15) is 0 Å². The summed E-state index contributed by atoms with van der Waals surface area (Å²) in [7, 11) is 1.97. The fraction of sp³-hybridized carbons (Fsp3) is 0.714. The van der Waals surface area contributed by atoms with Crippen molar-refractivity contribution in [2.24, 2.45) is 7.05 Å². The molecule has 1 aromatic heterocycles. The summed E-state index contributed by atoms with van der Waals surface area (Å²) in [6.07, 6.45) is 2.81. The summed E-state index contributed by atoms with van der Waals surface area (Å²) in [4.78, 5) is 0. The minimum atomic E-state index is 0.461. The van der Waals surface area contributed by atoms with Crippen molar-refractivity contribution in [1.29, 1.82) is 0 Å². The number of nitrogens with zero attached hydrogens (tertiary/aromatic N) is 3. The van der Waals surface area contributed by atoms with E-state index in [-0.39, 0.29) is 0 Å². The molecule has 60 valence electrons. The minimum Gasteiger partial charge on any atom is -0.381 e. The van der Waals surface area contributed by atoms with Gasteiger partial charge in [0.1, 0.15) is 12.2 Å². The van der Waals surface area contributed by atoms with Gasteiger partial charge in [-0.25, -0.2) is 0 Å². The van der Waals surface area contributed by atoms with Crippen molar-refractivity contribution in [2.45, 2.75) is 12.3 Å². The van der Waals surface area contributed by atoms with Crippen molar-refractivity contribution in [3.05, 3.63) is 12.2 Å². The SMILES string of the molecule is Cn1cnnc1C1CCOC1. The molecule has 0 bridgehead atoms. The molecule has 11 heavy (non-hydrogen) atoms. The lowest BCUT2D eigenvalue weighted by Crippen LogP contribution is -2.05. The second-order valence-corrected chi connectivity index (χ2v) is 2.86. The highest BCUT2D eigenvalue weighted by atomic mass is 16.5. The van der Waals surface area contributed by atoms with E-state index in [2.05, 4.69) is 10.2 Å². The molecule has 4 heteroatoms. The maximum Gasteiger partial charge on any atom is 0.138 e. The van der Waals surface area contributed by atoms with Crippen LogP contribution in [0.3, 0.4) is 0 Å². The standard InChI is InChI=1S/C7H11N3O/c1-10-5-8-9-7(10)6-2-3-11-4-6/h5-6H,2-4H2,1H3. The summed E-state index contributed by atoms with van der Waals surface area (Å²) in [6.45, 7) is 1.66. The summed E-state index contributed by atoms with van der Waals surface area (Å²) >= 11 is 0. The third kappa shape index (κ3) is 1.14. The Morgan fingerprint density at radius 3 is 3.18 bits per heavy atom. The van der Waals surface area contributed by atoms with Crippen LogP contribution >= 0.6 is 0 Å². The van der Waals surface area contributed by atoms with Crippen LogP contribution < -0.4 is 0 Å². The van der Waals surface area contributed by atoms with E-state index >= 15 is 0 Å². The van der Waals surface area contributed by atoms with Crippen LogP contribution in [-0.4, -0.2) is 28.0 Å². The summed E-state index contributed by atoms with van der Waals surface area (Å²) in [6, 6.07) is 0. The highest BCUT2D eigenvalue weighted by Gasteiger charge is 2.21. The smallest absolute Gasteiger partial charge is 0.138 e. The van der Waals surface area contributed by atoms with Crippen LogP contribution in [0.5, 0.6) is 0 Å². The average Bonchev–Trinajstić information content (AvgIpc) is 2.55.